The molecule has 0 spiro atoms. The third-order valence-electron chi connectivity index (χ3n) is 7.21. The lowest BCUT2D eigenvalue weighted by Gasteiger charge is -2.60. The van der Waals surface area contributed by atoms with Crippen molar-refractivity contribution in [2.75, 3.05) is 13.1 Å². The molecule has 1 aliphatic heterocycles. The number of piperidine rings is 1. The maximum atomic E-state index is 13.2. The Morgan fingerprint density at radius 3 is 2.80 bits per heavy atom. The molecular weight excluding hydrogens is 396 g/mol. The molecule has 3 atom stereocenters. The lowest BCUT2D eigenvalue weighted by molar-refractivity contribution is -0.139. The van der Waals surface area contributed by atoms with E-state index in [0.717, 1.165) is 37.8 Å². The van der Waals surface area contributed by atoms with E-state index < -0.39 is 0 Å². The van der Waals surface area contributed by atoms with E-state index in [9.17, 15) is 4.79 Å². The summed E-state index contributed by atoms with van der Waals surface area (Å²) in [5.41, 5.74) is 0.290. The third-order valence-corrected chi connectivity index (χ3v) is 9.08. The van der Waals surface area contributed by atoms with Crippen molar-refractivity contribution in [3.8, 4) is 0 Å². The van der Waals surface area contributed by atoms with E-state index in [1.165, 1.54) is 50.0 Å². The van der Waals surface area contributed by atoms with Crippen LogP contribution in [0, 0.1) is 17.3 Å². The largest absolute Gasteiger partial charge is 0.342 e. The Kier molecular flexibility index (Phi) is 4.05. The van der Waals surface area contributed by atoms with Crippen LogP contribution in [0.3, 0.4) is 0 Å². The van der Waals surface area contributed by atoms with E-state index in [-0.39, 0.29) is 0 Å². The van der Waals surface area contributed by atoms with E-state index in [0.29, 0.717) is 21.6 Å². The first kappa shape index (κ1) is 16.7. The van der Waals surface area contributed by atoms with Crippen LogP contribution in [0.4, 0.5) is 0 Å². The molecule has 4 saturated carbocycles. The van der Waals surface area contributed by atoms with Gasteiger partial charge in [0.25, 0.3) is 0 Å². The van der Waals surface area contributed by atoms with Gasteiger partial charge in [-0.3, -0.25) is 4.79 Å². The van der Waals surface area contributed by atoms with Crippen LogP contribution in [-0.4, -0.2) is 33.2 Å². The van der Waals surface area contributed by atoms with Gasteiger partial charge in [-0.15, -0.1) is 11.3 Å². The second-order valence-corrected chi connectivity index (χ2v) is 11.9. The van der Waals surface area contributed by atoms with Crippen LogP contribution < -0.4 is 0 Å². The van der Waals surface area contributed by atoms with Gasteiger partial charge in [0.05, 0.1) is 5.01 Å². The van der Waals surface area contributed by atoms with E-state index in [1.54, 1.807) is 11.3 Å². The molecule has 5 heteroatoms. The summed E-state index contributed by atoms with van der Waals surface area (Å²) in [5, 5.41) is 3.27. The molecule has 1 aromatic heterocycles. The van der Waals surface area contributed by atoms with Crippen molar-refractivity contribution in [2.24, 2.45) is 17.3 Å². The number of nitrogens with zero attached hydrogens (tertiary/aromatic N) is 2. The van der Waals surface area contributed by atoms with Gasteiger partial charge in [-0.25, -0.2) is 4.98 Å². The van der Waals surface area contributed by atoms with Crippen LogP contribution in [0.25, 0.3) is 0 Å². The summed E-state index contributed by atoms with van der Waals surface area (Å²) in [6, 6.07) is 0. The topological polar surface area (TPSA) is 33.2 Å². The Hall–Kier alpha value is -0.420. The minimum Gasteiger partial charge on any atom is -0.342 e. The van der Waals surface area contributed by atoms with Gasteiger partial charge in [-0.05, 0) is 68.6 Å². The zero-order valence-electron chi connectivity index (χ0n) is 14.8. The van der Waals surface area contributed by atoms with Crippen LogP contribution >= 0.6 is 27.3 Å². The van der Waals surface area contributed by atoms with Gasteiger partial charge in [-0.2, -0.15) is 0 Å². The lowest BCUT2D eigenvalue weighted by Crippen LogP contribution is -2.54. The van der Waals surface area contributed by atoms with Crippen molar-refractivity contribution in [3.05, 3.63) is 16.6 Å². The van der Waals surface area contributed by atoms with Gasteiger partial charge in [0, 0.05) is 41.3 Å². The van der Waals surface area contributed by atoms with Crippen molar-refractivity contribution in [1.29, 1.82) is 0 Å². The summed E-state index contributed by atoms with van der Waals surface area (Å²) in [6.45, 7) is 1.83. The van der Waals surface area contributed by atoms with Crippen molar-refractivity contribution >= 4 is 33.2 Å². The fourth-order valence-electron chi connectivity index (χ4n) is 6.82. The molecule has 5 aliphatic rings. The molecule has 4 aliphatic carbocycles. The maximum Gasteiger partial charge on any atom is 0.223 e. The molecule has 3 unspecified atom stereocenters. The Morgan fingerprint density at radius 2 is 2.12 bits per heavy atom. The zero-order valence-corrected chi connectivity index (χ0v) is 17.2. The predicted octanol–water partition coefficient (Wildman–Crippen LogP) is 4.97. The van der Waals surface area contributed by atoms with Gasteiger partial charge in [0.15, 0.2) is 0 Å². The molecule has 1 saturated heterocycles. The molecule has 4 bridgehead atoms. The lowest BCUT2D eigenvalue weighted by atomic mass is 9.48. The Labute approximate surface area is 162 Å². The van der Waals surface area contributed by atoms with Crippen molar-refractivity contribution < 1.29 is 4.79 Å². The van der Waals surface area contributed by atoms with Crippen molar-refractivity contribution in [1.82, 2.24) is 9.88 Å². The number of likely N-dealkylation sites (tertiary alicyclic amines) is 1. The average Bonchev–Trinajstić information content (AvgIpc) is 3.06. The van der Waals surface area contributed by atoms with E-state index in [2.05, 4.69) is 31.2 Å². The molecule has 6 rings (SSSR count). The number of rotatable bonds is 3. The number of hydrogen-bond donors (Lipinski definition) is 0. The summed E-state index contributed by atoms with van der Waals surface area (Å²) in [4.78, 5) is 19.9. The highest BCUT2D eigenvalue weighted by Crippen LogP contribution is 2.65. The molecule has 2 heterocycles. The SMILES string of the molecule is O=C(CC12CC3CC(CC(Br)(C3)C1)C2)N1CCCC(c2nccs2)C1. The first-order valence-corrected chi connectivity index (χ1v) is 11.6. The minimum absolute atomic E-state index is 0.290. The molecular formula is C20H27BrN2OS. The summed E-state index contributed by atoms with van der Waals surface area (Å²) in [6.07, 6.45) is 12.9. The van der Waals surface area contributed by atoms with Crippen LogP contribution in [0.5, 0.6) is 0 Å². The van der Waals surface area contributed by atoms with E-state index in [4.69, 9.17) is 0 Å². The molecule has 25 heavy (non-hydrogen) atoms. The first-order chi connectivity index (χ1) is 12.0. The van der Waals surface area contributed by atoms with Crippen molar-refractivity contribution in [3.63, 3.8) is 0 Å². The summed E-state index contributed by atoms with van der Waals surface area (Å²) in [7, 11) is 0. The van der Waals surface area contributed by atoms with Gasteiger partial charge in [-0.1, -0.05) is 15.9 Å². The first-order valence-electron chi connectivity index (χ1n) is 9.89. The van der Waals surface area contributed by atoms with Crippen LogP contribution in [0.15, 0.2) is 11.6 Å². The highest BCUT2D eigenvalue weighted by molar-refractivity contribution is 9.10. The highest BCUT2D eigenvalue weighted by atomic mass is 79.9. The number of alkyl halides is 1. The van der Waals surface area contributed by atoms with E-state index >= 15 is 0 Å². The Balaban J connectivity index is 1.29. The predicted molar refractivity (Wildman–Crippen MR) is 104 cm³/mol. The molecule has 1 aromatic rings. The van der Waals surface area contributed by atoms with Crippen LogP contribution in [0.1, 0.15) is 68.7 Å². The standard InChI is InChI=1S/C20H27BrN2OS/c21-20-9-14-6-15(10-20)8-19(7-14,13-20)11-17(24)23-4-1-2-16(12-23)18-22-3-5-25-18/h3,5,14-16H,1-2,4,6-13H2. The monoisotopic (exact) mass is 422 g/mol. The quantitative estimate of drug-likeness (QED) is 0.643. The number of aromatic nitrogens is 1. The summed E-state index contributed by atoms with van der Waals surface area (Å²) < 4.78 is 0.350. The minimum atomic E-state index is 0.290. The fourth-order valence-corrected chi connectivity index (χ4v) is 9.09. The van der Waals surface area contributed by atoms with Gasteiger partial charge in [0.1, 0.15) is 0 Å². The number of thiazole rings is 1. The highest BCUT2D eigenvalue weighted by Gasteiger charge is 2.57. The number of carbonyl (C=O) groups excluding carboxylic acids is 1. The summed E-state index contributed by atoms with van der Waals surface area (Å²) >= 11 is 5.82. The normalized spacial score (nSPS) is 42.8. The van der Waals surface area contributed by atoms with Crippen LogP contribution in [-0.2, 0) is 4.79 Å². The van der Waals surface area contributed by atoms with E-state index in [1.807, 2.05) is 6.20 Å². The molecule has 5 fully saturated rings. The Bertz CT molecular complexity index is 647. The number of hydrogen-bond acceptors (Lipinski definition) is 3. The second kappa shape index (κ2) is 6.05. The van der Waals surface area contributed by atoms with Crippen molar-refractivity contribution in [2.45, 2.75) is 68.0 Å². The summed E-state index contributed by atoms with van der Waals surface area (Å²) in [5.74, 6) is 2.59. The number of carbonyl (C=O) groups is 1. The average molecular weight is 423 g/mol. The zero-order chi connectivity index (χ0) is 17.1. The van der Waals surface area contributed by atoms with Gasteiger partial charge >= 0.3 is 0 Å². The Morgan fingerprint density at radius 1 is 1.32 bits per heavy atom. The molecule has 136 valence electrons. The van der Waals surface area contributed by atoms with Crippen LogP contribution in [0.2, 0.25) is 0 Å². The molecule has 0 aromatic carbocycles. The molecule has 0 radical (unpaired) electrons. The number of amides is 1. The fraction of sp³-hybridized carbons (Fsp3) is 0.800. The number of halogens is 1. The maximum absolute atomic E-state index is 13.2. The molecule has 1 amide bonds. The molecule has 0 N–H and O–H groups in total. The molecule has 3 nitrogen and oxygen atoms in total. The van der Waals surface area contributed by atoms with Gasteiger partial charge < -0.3 is 4.90 Å². The second-order valence-electron chi connectivity index (χ2n) is 9.34. The third kappa shape index (κ3) is 3.09. The smallest absolute Gasteiger partial charge is 0.223 e. The van der Waals surface area contributed by atoms with Gasteiger partial charge in [0.2, 0.25) is 5.91 Å².